The van der Waals surface area contributed by atoms with E-state index in [1.807, 2.05) is 0 Å². The first-order chi connectivity index (χ1) is 8.99. The molecule has 1 aromatic rings. The van der Waals surface area contributed by atoms with Crippen molar-refractivity contribution < 1.29 is 13.2 Å². The van der Waals surface area contributed by atoms with Crippen LogP contribution in [0, 0.1) is 0 Å². The van der Waals surface area contributed by atoms with Crippen molar-refractivity contribution in [3.8, 4) is 0 Å². The van der Waals surface area contributed by atoms with Crippen molar-refractivity contribution in [3.63, 3.8) is 0 Å². The van der Waals surface area contributed by atoms with Gasteiger partial charge in [0.1, 0.15) is 9.23 Å². The summed E-state index contributed by atoms with van der Waals surface area (Å²) in [5.74, 6) is 0. The molecular formula is C10H14Cl2N2O3S2. The third-order valence-electron chi connectivity index (χ3n) is 2.74. The molecule has 1 N–H and O–H groups in total. The Hall–Kier alpha value is 0.110. The minimum Gasteiger partial charge on any atom is -0.379 e. The predicted molar refractivity (Wildman–Crippen MR) is 76.8 cm³/mol. The third-order valence-corrected chi connectivity index (χ3v) is 5.95. The largest absolute Gasteiger partial charge is 0.379 e. The lowest BCUT2D eigenvalue weighted by Gasteiger charge is -2.26. The average molecular weight is 345 g/mol. The number of hydrogen-bond acceptors (Lipinski definition) is 5. The number of hydrogen-bond donors (Lipinski definition) is 1. The summed E-state index contributed by atoms with van der Waals surface area (Å²) in [7, 11) is -3.58. The number of nitrogens with one attached hydrogen (secondary N) is 1. The van der Waals surface area contributed by atoms with E-state index in [0.29, 0.717) is 30.6 Å². The van der Waals surface area contributed by atoms with Crippen molar-refractivity contribution >= 4 is 44.6 Å². The monoisotopic (exact) mass is 344 g/mol. The van der Waals surface area contributed by atoms with Gasteiger partial charge in [-0.05, 0) is 6.07 Å². The smallest absolute Gasteiger partial charge is 0.243 e. The van der Waals surface area contributed by atoms with Crippen LogP contribution in [0.4, 0.5) is 0 Å². The molecule has 0 radical (unpaired) electrons. The molecule has 1 aliphatic heterocycles. The minimum absolute atomic E-state index is 0.0474. The summed E-state index contributed by atoms with van der Waals surface area (Å²) in [5, 5.41) is 0. The maximum atomic E-state index is 12.0. The second-order valence-corrected chi connectivity index (χ2v) is 8.06. The molecule has 0 aromatic carbocycles. The molecule has 1 aliphatic rings. The van der Waals surface area contributed by atoms with Crippen molar-refractivity contribution in [1.82, 2.24) is 9.62 Å². The first kappa shape index (κ1) is 15.5. The summed E-state index contributed by atoms with van der Waals surface area (Å²) in [6.07, 6.45) is 0. The van der Waals surface area contributed by atoms with E-state index in [9.17, 15) is 8.42 Å². The quantitative estimate of drug-likeness (QED) is 0.882. The highest BCUT2D eigenvalue weighted by molar-refractivity contribution is 7.89. The zero-order valence-electron chi connectivity index (χ0n) is 10.1. The van der Waals surface area contributed by atoms with Gasteiger partial charge in [-0.25, -0.2) is 13.1 Å². The average Bonchev–Trinajstić information content (AvgIpc) is 2.70. The van der Waals surface area contributed by atoms with Crippen molar-refractivity contribution in [2.45, 2.75) is 4.90 Å². The van der Waals surface area contributed by atoms with Gasteiger partial charge in [-0.3, -0.25) is 4.90 Å². The van der Waals surface area contributed by atoms with Crippen LogP contribution in [-0.4, -0.2) is 52.7 Å². The Labute approximate surface area is 126 Å². The van der Waals surface area contributed by atoms with E-state index >= 15 is 0 Å². The molecular weight excluding hydrogens is 331 g/mol. The summed E-state index contributed by atoms with van der Waals surface area (Å²) in [4.78, 5) is 2.19. The Balaban J connectivity index is 1.89. The number of rotatable bonds is 5. The van der Waals surface area contributed by atoms with Crippen LogP contribution in [0.2, 0.25) is 8.67 Å². The number of morpholine rings is 1. The van der Waals surface area contributed by atoms with Crippen molar-refractivity contribution in [2.24, 2.45) is 0 Å². The molecule has 0 unspecified atom stereocenters. The SMILES string of the molecule is O=S(=O)(NCCN1CCOCC1)c1cc(Cl)sc1Cl. The number of nitrogens with zero attached hydrogens (tertiary/aromatic N) is 1. The molecule has 0 bridgehead atoms. The van der Waals surface area contributed by atoms with Gasteiger partial charge in [-0.2, -0.15) is 0 Å². The van der Waals surface area contributed by atoms with Gasteiger partial charge in [0.15, 0.2) is 0 Å². The van der Waals surface area contributed by atoms with Crippen LogP contribution in [0.1, 0.15) is 0 Å². The molecule has 0 atom stereocenters. The topological polar surface area (TPSA) is 58.6 Å². The van der Waals surface area contributed by atoms with E-state index in [0.717, 1.165) is 24.4 Å². The highest BCUT2D eigenvalue weighted by Crippen LogP contribution is 2.33. The molecule has 5 nitrogen and oxygen atoms in total. The van der Waals surface area contributed by atoms with E-state index < -0.39 is 10.0 Å². The standard InChI is InChI=1S/C10H14Cl2N2O3S2/c11-9-7-8(10(12)18-9)19(15,16)13-1-2-14-3-5-17-6-4-14/h7,13H,1-6H2. The molecule has 2 heterocycles. The Morgan fingerprint density at radius 1 is 1.37 bits per heavy atom. The summed E-state index contributed by atoms with van der Waals surface area (Å²) < 4.78 is 32.3. The fraction of sp³-hybridized carbons (Fsp3) is 0.600. The van der Waals surface area contributed by atoms with Crippen LogP contribution in [-0.2, 0) is 14.8 Å². The van der Waals surface area contributed by atoms with Gasteiger partial charge in [0, 0.05) is 26.2 Å². The number of sulfonamides is 1. The van der Waals surface area contributed by atoms with Gasteiger partial charge < -0.3 is 4.74 Å². The molecule has 0 saturated carbocycles. The van der Waals surface area contributed by atoms with Crippen LogP contribution >= 0.6 is 34.5 Å². The van der Waals surface area contributed by atoms with E-state index in [2.05, 4.69) is 9.62 Å². The first-order valence-corrected chi connectivity index (χ1v) is 8.79. The van der Waals surface area contributed by atoms with Gasteiger partial charge >= 0.3 is 0 Å². The molecule has 2 rings (SSSR count). The lowest BCUT2D eigenvalue weighted by atomic mass is 10.4. The fourth-order valence-corrected chi connectivity index (χ4v) is 4.92. The molecule has 9 heteroatoms. The van der Waals surface area contributed by atoms with Crippen LogP contribution in [0.25, 0.3) is 0 Å². The van der Waals surface area contributed by atoms with E-state index in [1.165, 1.54) is 6.07 Å². The Morgan fingerprint density at radius 2 is 2.05 bits per heavy atom. The summed E-state index contributed by atoms with van der Waals surface area (Å²) in [6, 6.07) is 1.37. The Bertz CT molecular complexity index is 527. The zero-order valence-corrected chi connectivity index (χ0v) is 13.2. The maximum Gasteiger partial charge on any atom is 0.243 e. The molecule has 0 spiro atoms. The second-order valence-electron chi connectivity index (χ2n) is 4.04. The third kappa shape index (κ3) is 4.29. The van der Waals surface area contributed by atoms with Gasteiger partial charge in [0.05, 0.1) is 17.6 Å². The Kier molecular flexibility index (Phi) is 5.47. The minimum atomic E-state index is -3.58. The van der Waals surface area contributed by atoms with Crippen molar-refractivity contribution in [2.75, 3.05) is 39.4 Å². The Morgan fingerprint density at radius 3 is 2.63 bits per heavy atom. The molecule has 1 fully saturated rings. The number of ether oxygens (including phenoxy) is 1. The predicted octanol–water partition coefficient (Wildman–Crippen LogP) is 1.67. The summed E-state index contributed by atoms with van der Waals surface area (Å²) >= 11 is 12.6. The highest BCUT2D eigenvalue weighted by atomic mass is 35.5. The van der Waals surface area contributed by atoms with Crippen LogP contribution in [0.3, 0.4) is 0 Å². The second kappa shape index (κ2) is 6.71. The van der Waals surface area contributed by atoms with Crippen LogP contribution < -0.4 is 4.72 Å². The molecule has 0 amide bonds. The van der Waals surface area contributed by atoms with E-state index in [4.69, 9.17) is 27.9 Å². The van der Waals surface area contributed by atoms with Gasteiger partial charge in [-0.1, -0.05) is 23.2 Å². The number of halogens is 2. The lowest BCUT2D eigenvalue weighted by Crippen LogP contribution is -2.41. The van der Waals surface area contributed by atoms with Crippen LogP contribution in [0.15, 0.2) is 11.0 Å². The molecule has 1 aromatic heterocycles. The highest BCUT2D eigenvalue weighted by Gasteiger charge is 2.21. The van der Waals surface area contributed by atoms with Gasteiger partial charge in [-0.15, -0.1) is 11.3 Å². The fourth-order valence-electron chi connectivity index (χ4n) is 1.75. The maximum absolute atomic E-state index is 12.0. The lowest BCUT2D eigenvalue weighted by molar-refractivity contribution is 0.0390. The van der Waals surface area contributed by atoms with Crippen molar-refractivity contribution in [1.29, 1.82) is 0 Å². The summed E-state index contributed by atoms with van der Waals surface area (Å²) in [6.45, 7) is 4.03. The molecule has 108 valence electrons. The normalized spacial score (nSPS) is 17.8. The molecule has 0 aliphatic carbocycles. The van der Waals surface area contributed by atoms with Gasteiger partial charge in [0.2, 0.25) is 10.0 Å². The molecule has 19 heavy (non-hydrogen) atoms. The van der Waals surface area contributed by atoms with E-state index in [1.54, 1.807) is 0 Å². The van der Waals surface area contributed by atoms with E-state index in [-0.39, 0.29) is 9.23 Å². The van der Waals surface area contributed by atoms with Crippen molar-refractivity contribution in [3.05, 3.63) is 14.7 Å². The zero-order chi connectivity index (χ0) is 13.9. The molecule has 1 saturated heterocycles. The number of thiophene rings is 1. The first-order valence-electron chi connectivity index (χ1n) is 5.73. The van der Waals surface area contributed by atoms with Crippen LogP contribution in [0.5, 0.6) is 0 Å². The summed E-state index contributed by atoms with van der Waals surface area (Å²) in [5.41, 5.74) is 0. The van der Waals surface area contributed by atoms with Gasteiger partial charge in [0.25, 0.3) is 0 Å².